The van der Waals surface area contributed by atoms with Gasteiger partial charge >= 0.3 is 0 Å². The lowest BCUT2D eigenvalue weighted by molar-refractivity contribution is 0.221. The molecule has 1 unspecified atom stereocenters. The Morgan fingerprint density at radius 1 is 1.43 bits per heavy atom. The van der Waals surface area contributed by atoms with E-state index < -0.39 is 8.32 Å². The molecule has 0 radical (unpaired) electrons. The summed E-state index contributed by atoms with van der Waals surface area (Å²) in [7, 11) is -1.64. The summed E-state index contributed by atoms with van der Waals surface area (Å²) in [6.45, 7) is 15.5. The molecular formula is C17H28BrClN2OSi. The molecule has 0 N–H and O–H groups in total. The molecule has 0 aromatic carbocycles. The van der Waals surface area contributed by atoms with Crippen LogP contribution in [0, 0.1) is 5.92 Å². The highest BCUT2D eigenvalue weighted by Crippen LogP contribution is 2.37. The van der Waals surface area contributed by atoms with E-state index in [0.29, 0.717) is 11.1 Å². The lowest BCUT2D eigenvalue weighted by Crippen LogP contribution is -2.42. The maximum Gasteiger partial charge on any atom is 0.191 e. The second-order valence-corrected chi connectivity index (χ2v) is 14.1. The fourth-order valence-corrected chi connectivity index (χ4v) is 4.18. The summed E-state index contributed by atoms with van der Waals surface area (Å²) in [6.07, 6.45) is 2.94. The van der Waals surface area contributed by atoms with E-state index in [1.165, 1.54) is 6.42 Å². The Hall–Kier alpha value is 0.0569. The summed E-state index contributed by atoms with van der Waals surface area (Å²) < 4.78 is 7.37. The number of hydrogen-bond acceptors (Lipinski definition) is 3. The van der Waals surface area contributed by atoms with Gasteiger partial charge in [0.1, 0.15) is 5.15 Å². The van der Waals surface area contributed by atoms with Gasteiger partial charge < -0.3 is 4.43 Å². The molecule has 0 aliphatic carbocycles. The van der Waals surface area contributed by atoms with Gasteiger partial charge in [0.2, 0.25) is 0 Å². The summed E-state index contributed by atoms with van der Waals surface area (Å²) in [5, 5.41) is 0.884. The molecule has 2 rings (SSSR count). The average molecular weight is 420 g/mol. The maximum atomic E-state index is 6.39. The molecule has 0 bridgehead atoms. The highest BCUT2D eigenvalue weighted by molar-refractivity contribution is 9.10. The Kier molecular flexibility index (Phi) is 6.34. The van der Waals surface area contributed by atoms with E-state index in [1.807, 2.05) is 0 Å². The quantitative estimate of drug-likeness (QED) is 0.475. The lowest BCUT2D eigenvalue weighted by Gasteiger charge is -2.37. The molecule has 130 valence electrons. The molecule has 2 heterocycles. The first-order valence-electron chi connectivity index (χ1n) is 8.25. The van der Waals surface area contributed by atoms with E-state index >= 15 is 0 Å². The van der Waals surface area contributed by atoms with Gasteiger partial charge in [-0.1, -0.05) is 32.4 Å². The molecular weight excluding hydrogens is 392 g/mol. The van der Waals surface area contributed by atoms with Crippen molar-refractivity contribution in [3.8, 4) is 0 Å². The van der Waals surface area contributed by atoms with Gasteiger partial charge in [-0.25, -0.2) is 4.98 Å². The highest BCUT2D eigenvalue weighted by Gasteiger charge is 2.38. The third-order valence-electron chi connectivity index (χ3n) is 5.13. The van der Waals surface area contributed by atoms with E-state index in [1.54, 1.807) is 6.20 Å². The topological polar surface area (TPSA) is 25.4 Å². The zero-order valence-corrected chi connectivity index (χ0v) is 18.2. The summed E-state index contributed by atoms with van der Waals surface area (Å²) in [5.41, 5.74) is 1.09. The number of pyridine rings is 1. The highest BCUT2D eigenvalue weighted by atomic mass is 79.9. The summed E-state index contributed by atoms with van der Waals surface area (Å²) in [6, 6.07) is 2.06. The molecule has 3 nitrogen and oxygen atoms in total. The Morgan fingerprint density at radius 3 is 2.78 bits per heavy atom. The van der Waals surface area contributed by atoms with Crippen molar-refractivity contribution in [3.05, 3.63) is 27.5 Å². The van der Waals surface area contributed by atoms with E-state index in [0.717, 1.165) is 36.3 Å². The molecule has 0 amide bonds. The summed E-state index contributed by atoms with van der Waals surface area (Å²) in [4.78, 5) is 6.66. The lowest BCUT2D eigenvalue weighted by atomic mass is 10.1. The van der Waals surface area contributed by atoms with E-state index in [4.69, 9.17) is 16.0 Å². The predicted molar refractivity (Wildman–Crippen MR) is 103 cm³/mol. The molecule has 1 aromatic heterocycles. The Labute approximate surface area is 155 Å². The van der Waals surface area contributed by atoms with Crippen LogP contribution in [0.2, 0.25) is 23.3 Å². The molecule has 1 aliphatic heterocycles. The maximum absolute atomic E-state index is 6.39. The van der Waals surface area contributed by atoms with E-state index in [2.05, 4.69) is 65.7 Å². The van der Waals surface area contributed by atoms with Crippen LogP contribution >= 0.6 is 27.5 Å². The van der Waals surface area contributed by atoms with Crippen LogP contribution in [0.15, 0.2) is 16.7 Å². The van der Waals surface area contributed by atoms with Gasteiger partial charge in [0.05, 0.1) is 0 Å². The van der Waals surface area contributed by atoms with Gasteiger partial charge in [-0.2, -0.15) is 0 Å². The van der Waals surface area contributed by atoms with Crippen molar-refractivity contribution >= 4 is 35.8 Å². The minimum absolute atomic E-state index is 0.279. The minimum atomic E-state index is -1.64. The third kappa shape index (κ3) is 5.26. The van der Waals surface area contributed by atoms with Crippen LogP contribution in [0.5, 0.6) is 0 Å². The number of rotatable bonds is 5. The minimum Gasteiger partial charge on any atom is -0.416 e. The molecule has 0 saturated carbocycles. The summed E-state index contributed by atoms with van der Waals surface area (Å²) in [5.74, 6) is 0.628. The van der Waals surface area contributed by atoms with Gasteiger partial charge in [-0.3, -0.25) is 4.90 Å². The number of nitrogens with zero attached hydrogens (tertiary/aromatic N) is 2. The van der Waals surface area contributed by atoms with Crippen molar-refractivity contribution in [1.82, 2.24) is 9.88 Å². The van der Waals surface area contributed by atoms with Crippen LogP contribution in [0.25, 0.3) is 0 Å². The number of hydrogen-bond donors (Lipinski definition) is 0. The first-order valence-corrected chi connectivity index (χ1v) is 12.3. The fourth-order valence-electron chi connectivity index (χ4n) is 2.55. The first-order chi connectivity index (χ1) is 10.6. The van der Waals surface area contributed by atoms with Gasteiger partial charge in [0.25, 0.3) is 0 Å². The molecule has 1 saturated heterocycles. The van der Waals surface area contributed by atoms with Crippen LogP contribution in [0.3, 0.4) is 0 Å². The van der Waals surface area contributed by atoms with Crippen LogP contribution < -0.4 is 0 Å². The van der Waals surface area contributed by atoms with Crippen molar-refractivity contribution < 1.29 is 4.43 Å². The molecule has 0 spiro atoms. The predicted octanol–water partition coefficient (Wildman–Crippen LogP) is 5.34. The van der Waals surface area contributed by atoms with E-state index in [9.17, 15) is 0 Å². The van der Waals surface area contributed by atoms with Crippen molar-refractivity contribution in [2.45, 2.75) is 51.9 Å². The third-order valence-corrected chi connectivity index (χ3v) is 10.4. The largest absolute Gasteiger partial charge is 0.416 e. The fraction of sp³-hybridized carbons (Fsp3) is 0.706. The van der Waals surface area contributed by atoms with Crippen molar-refractivity contribution in [1.29, 1.82) is 0 Å². The van der Waals surface area contributed by atoms with Crippen molar-refractivity contribution in [2.75, 3.05) is 19.7 Å². The van der Waals surface area contributed by atoms with Crippen LogP contribution in [-0.4, -0.2) is 37.9 Å². The normalized spacial score (nSPS) is 20.2. The Morgan fingerprint density at radius 2 is 2.13 bits per heavy atom. The van der Waals surface area contributed by atoms with Gasteiger partial charge in [0, 0.05) is 35.9 Å². The molecule has 1 atom stereocenters. The standard InChI is InChI=1S/C17H28BrClN2OSi/c1-17(2,3)23(4,5)22-12-13-6-7-21(10-13)11-14-8-15(18)9-20-16(14)19/h8-9,13H,6-7,10-12H2,1-5H3. The van der Waals surface area contributed by atoms with Crippen molar-refractivity contribution in [2.24, 2.45) is 5.92 Å². The van der Waals surface area contributed by atoms with Gasteiger partial charge in [-0.15, -0.1) is 0 Å². The van der Waals surface area contributed by atoms with Crippen LogP contribution in [-0.2, 0) is 11.0 Å². The SMILES string of the molecule is CC(C)(C)[Si](C)(C)OCC1CCN(Cc2cc(Br)cnc2Cl)C1. The molecule has 1 aliphatic rings. The van der Waals surface area contributed by atoms with Gasteiger partial charge in [-0.05, 0) is 59.0 Å². The Bertz CT molecular complexity index is 548. The second kappa shape index (κ2) is 7.52. The first kappa shape index (κ1) is 19.4. The van der Waals surface area contributed by atoms with Crippen LogP contribution in [0.4, 0.5) is 0 Å². The van der Waals surface area contributed by atoms with Crippen LogP contribution in [0.1, 0.15) is 32.8 Å². The van der Waals surface area contributed by atoms with E-state index in [-0.39, 0.29) is 5.04 Å². The smallest absolute Gasteiger partial charge is 0.191 e. The monoisotopic (exact) mass is 418 g/mol. The number of halogens is 2. The molecule has 23 heavy (non-hydrogen) atoms. The number of likely N-dealkylation sites (tertiary alicyclic amines) is 1. The molecule has 1 aromatic rings. The molecule has 1 fully saturated rings. The number of aromatic nitrogens is 1. The Balaban J connectivity index is 1.86. The average Bonchev–Trinajstić information content (AvgIpc) is 2.87. The zero-order chi connectivity index (χ0) is 17.3. The zero-order valence-electron chi connectivity index (χ0n) is 14.8. The molecule has 6 heteroatoms. The second-order valence-electron chi connectivity index (χ2n) is 8.06. The van der Waals surface area contributed by atoms with Crippen molar-refractivity contribution in [3.63, 3.8) is 0 Å². The summed E-state index contributed by atoms with van der Waals surface area (Å²) >= 11 is 9.67. The van der Waals surface area contributed by atoms with Gasteiger partial charge in [0.15, 0.2) is 8.32 Å².